The molecule has 0 radical (unpaired) electrons. The Kier molecular flexibility index (Phi) is 3.57. The molecule has 1 heterocycles. The van der Waals surface area contributed by atoms with Crippen molar-refractivity contribution < 1.29 is 9.21 Å². The Morgan fingerprint density at radius 1 is 1.28 bits per heavy atom. The SMILES string of the molecule is Cc1cc(C(=O)N/N=C\c2ccccc2)c(C)o1. The van der Waals surface area contributed by atoms with E-state index >= 15 is 0 Å². The van der Waals surface area contributed by atoms with E-state index in [1.165, 1.54) is 0 Å². The molecule has 18 heavy (non-hydrogen) atoms. The number of carbonyl (C=O) groups excluding carboxylic acids is 1. The highest BCUT2D eigenvalue weighted by Crippen LogP contribution is 2.13. The van der Waals surface area contributed by atoms with Crippen LogP contribution in [0.1, 0.15) is 27.4 Å². The zero-order chi connectivity index (χ0) is 13.0. The van der Waals surface area contributed by atoms with Gasteiger partial charge < -0.3 is 4.42 Å². The zero-order valence-corrected chi connectivity index (χ0v) is 10.3. The van der Waals surface area contributed by atoms with Crippen LogP contribution < -0.4 is 5.43 Å². The second-order valence-corrected chi connectivity index (χ2v) is 3.94. The molecule has 1 aromatic carbocycles. The molecule has 2 aromatic rings. The third-order valence-corrected chi connectivity index (χ3v) is 2.46. The van der Waals surface area contributed by atoms with Crippen molar-refractivity contribution >= 4 is 12.1 Å². The van der Waals surface area contributed by atoms with E-state index in [2.05, 4.69) is 10.5 Å². The molecule has 1 amide bonds. The average Bonchev–Trinajstić information content (AvgIpc) is 2.70. The number of nitrogens with zero attached hydrogens (tertiary/aromatic N) is 1. The van der Waals surface area contributed by atoms with Gasteiger partial charge in [0, 0.05) is 0 Å². The number of hydrogen-bond donors (Lipinski definition) is 1. The topological polar surface area (TPSA) is 54.6 Å². The van der Waals surface area contributed by atoms with E-state index in [4.69, 9.17) is 4.42 Å². The van der Waals surface area contributed by atoms with Gasteiger partial charge in [-0.25, -0.2) is 5.43 Å². The molecule has 0 aliphatic carbocycles. The number of furan rings is 1. The largest absolute Gasteiger partial charge is 0.466 e. The van der Waals surface area contributed by atoms with Gasteiger partial charge in [0.1, 0.15) is 11.5 Å². The van der Waals surface area contributed by atoms with Gasteiger partial charge in [-0.2, -0.15) is 5.10 Å². The quantitative estimate of drug-likeness (QED) is 0.664. The van der Waals surface area contributed by atoms with Crippen LogP contribution in [0.25, 0.3) is 0 Å². The van der Waals surface area contributed by atoms with Crippen LogP contribution >= 0.6 is 0 Å². The van der Waals surface area contributed by atoms with E-state index in [9.17, 15) is 4.79 Å². The Balaban J connectivity index is 2.01. The van der Waals surface area contributed by atoms with E-state index in [-0.39, 0.29) is 5.91 Å². The Hall–Kier alpha value is -2.36. The molecule has 0 aliphatic heterocycles. The van der Waals surface area contributed by atoms with E-state index in [1.807, 2.05) is 30.3 Å². The van der Waals surface area contributed by atoms with Crippen molar-refractivity contribution in [3.63, 3.8) is 0 Å². The summed E-state index contributed by atoms with van der Waals surface area (Å²) in [7, 11) is 0. The van der Waals surface area contributed by atoms with Crippen molar-refractivity contribution in [1.82, 2.24) is 5.43 Å². The summed E-state index contributed by atoms with van der Waals surface area (Å²) >= 11 is 0. The van der Waals surface area contributed by atoms with Crippen LogP contribution in [0.15, 0.2) is 45.9 Å². The number of rotatable bonds is 3. The van der Waals surface area contributed by atoms with Gasteiger partial charge >= 0.3 is 0 Å². The number of hydrazone groups is 1. The van der Waals surface area contributed by atoms with Gasteiger partial charge in [-0.05, 0) is 25.5 Å². The molecule has 0 spiro atoms. The summed E-state index contributed by atoms with van der Waals surface area (Å²) in [6.45, 7) is 3.56. The van der Waals surface area contributed by atoms with Gasteiger partial charge in [-0.3, -0.25) is 4.79 Å². The first kappa shape index (κ1) is 12.1. The molecule has 0 atom stereocenters. The van der Waals surface area contributed by atoms with E-state index in [0.717, 1.165) is 5.56 Å². The Morgan fingerprint density at radius 3 is 2.61 bits per heavy atom. The Morgan fingerprint density at radius 2 is 2.00 bits per heavy atom. The van der Waals surface area contributed by atoms with Crippen molar-refractivity contribution in [1.29, 1.82) is 0 Å². The van der Waals surface area contributed by atoms with E-state index in [1.54, 1.807) is 26.1 Å². The third kappa shape index (κ3) is 2.85. The minimum atomic E-state index is -0.267. The van der Waals surface area contributed by atoms with Gasteiger partial charge in [0.05, 0.1) is 11.8 Å². The van der Waals surface area contributed by atoms with Gasteiger partial charge in [-0.15, -0.1) is 0 Å². The molecular weight excluding hydrogens is 228 g/mol. The molecule has 0 unspecified atom stereocenters. The van der Waals surface area contributed by atoms with Gasteiger partial charge in [-0.1, -0.05) is 30.3 Å². The Labute approximate surface area is 105 Å². The number of carbonyl (C=O) groups is 1. The third-order valence-electron chi connectivity index (χ3n) is 2.46. The summed E-state index contributed by atoms with van der Waals surface area (Å²) in [5, 5.41) is 3.90. The number of amides is 1. The molecule has 2 rings (SSSR count). The summed E-state index contributed by atoms with van der Waals surface area (Å²) in [6.07, 6.45) is 1.60. The van der Waals surface area contributed by atoms with Gasteiger partial charge in [0.2, 0.25) is 0 Å². The smallest absolute Gasteiger partial charge is 0.274 e. The monoisotopic (exact) mass is 242 g/mol. The lowest BCUT2D eigenvalue weighted by molar-refractivity contribution is 0.0953. The van der Waals surface area contributed by atoms with Gasteiger partial charge in [0.15, 0.2) is 0 Å². The van der Waals surface area contributed by atoms with Crippen molar-refractivity contribution in [2.24, 2.45) is 5.10 Å². The van der Waals surface area contributed by atoms with Crippen LogP contribution in [0.4, 0.5) is 0 Å². The number of hydrogen-bond acceptors (Lipinski definition) is 3. The number of nitrogens with one attached hydrogen (secondary N) is 1. The molecule has 0 saturated carbocycles. The summed E-state index contributed by atoms with van der Waals surface area (Å²) in [5.74, 6) is 1.04. The molecular formula is C14H14N2O2. The van der Waals surface area contributed by atoms with Crippen LogP contribution in [0.5, 0.6) is 0 Å². The summed E-state index contributed by atoms with van der Waals surface area (Å²) < 4.78 is 5.29. The first-order valence-corrected chi connectivity index (χ1v) is 5.62. The Bertz CT molecular complexity index is 571. The summed E-state index contributed by atoms with van der Waals surface area (Å²) in [6, 6.07) is 11.3. The predicted octanol–water partition coefficient (Wildman–Crippen LogP) is 2.66. The van der Waals surface area contributed by atoms with Crippen LogP contribution in [0, 0.1) is 13.8 Å². The molecule has 1 aromatic heterocycles. The average molecular weight is 242 g/mol. The molecule has 0 aliphatic rings. The number of benzene rings is 1. The second-order valence-electron chi connectivity index (χ2n) is 3.94. The molecule has 0 fully saturated rings. The highest BCUT2D eigenvalue weighted by molar-refractivity contribution is 5.95. The maximum absolute atomic E-state index is 11.8. The molecule has 0 bridgehead atoms. The fourth-order valence-electron chi connectivity index (χ4n) is 1.62. The predicted molar refractivity (Wildman–Crippen MR) is 69.7 cm³/mol. The maximum atomic E-state index is 11.8. The molecule has 92 valence electrons. The van der Waals surface area contributed by atoms with Crippen LogP contribution in [0.2, 0.25) is 0 Å². The lowest BCUT2D eigenvalue weighted by atomic mass is 10.2. The van der Waals surface area contributed by atoms with E-state index in [0.29, 0.717) is 17.1 Å². The van der Waals surface area contributed by atoms with Crippen molar-refractivity contribution in [3.05, 3.63) is 59.0 Å². The van der Waals surface area contributed by atoms with Crippen molar-refractivity contribution in [2.45, 2.75) is 13.8 Å². The summed E-state index contributed by atoms with van der Waals surface area (Å²) in [4.78, 5) is 11.8. The minimum Gasteiger partial charge on any atom is -0.466 e. The molecule has 4 nitrogen and oxygen atoms in total. The second kappa shape index (κ2) is 5.31. The number of aryl methyl sites for hydroxylation is 2. The molecule has 4 heteroatoms. The fourth-order valence-corrected chi connectivity index (χ4v) is 1.62. The molecule has 0 saturated heterocycles. The summed E-state index contributed by atoms with van der Waals surface area (Å²) in [5.41, 5.74) is 3.91. The lowest BCUT2D eigenvalue weighted by Crippen LogP contribution is -2.17. The first-order chi connectivity index (χ1) is 8.66. The van der Waals surface area contributed by atoms with Crippen LogP contribution in [-0.2, 0) is 0 Å². The lowest BCUT2D eigenvalue weighted by Gasteiger charge is -1.97. The van der Waals surface area contributed by atoms with Crippen LogP contribution in [0.3, 0.4) is 0 Å². The van der Waals surface area contributed by atoms with Crippen LogP contribution in [-0.4, -0.2) is 12.1 Å². The highest BCUT2D eigenvalue weighted by atomic mass is 16.3. The normalized spacial score (nSPS) is 10.8. The maximum Gasteiger partial charge on any atom is 0.274 e. The van der Waals surface area contributed by atoms with E-state index < -0.39 is 0 Å². The molecule has 1 N–H and O–H groups in total. The highest BCUT2D eigenvalue weighted by Gasteiger charge is 2.12. The fraction of sp³-hybridized carbons (Fsp3) is 0.143. The van der Waals surface area contributed by atoms with Gasteiger partial charge in [0.25, 0.3) is 5.91 Å². The first-order valence-electron chi connectivity index (χ1n) is 5.62. The van der Waals surface area contributed by atoms with Crippen molar-refractivity contribution in [2.75, 3.05) is 0 Å². The zero-order valence-electron chi connectivity index (χ0n) is 10.3. The van der Waals surface area contributed by atoms with Crippen molar-refractivity contribution in [3.8, 4) is 0 Å². The standard InChI is InChI=1S/C14H14N2O2/c1-10-8-13(11(2)18-10)14(17)16-15-9-12-6-4-3-5-7-12/h3-9H,1-2H3,(H,16,17)/b15-9-. The minimum absolute atomic E-state index is 0.267.